The van der Waals surface area contributed by atoms with Crippen LogP contribution in [0.1, 0.15) is 28.5 Å². The van der Waals surface area contributed by atoms with Crippen molar-refractivity contribution in [3.8, 4) is 16.3 Å². The van der Waals surface area contributed by atoms with E-state index >= 15 is 0 Å². The Bertz CT molecular complexity index is 1140. The first-order valence-corrected chi connectivity index (χ1v) is 12.4. The van der Waals surface area contributed by atoms with Crippen LogP contribution in [0.25, 0.3) is 10.6 Å². The number of rotatable bonds is 7. The first-order valence-electron chi connectivity index (χ1n) is 9.71. The van der Waals surface area contributed by atoms with Crippen molar-refractivity contribution in [1.29, 1.82) is 0 Å². The van der Waals surface area contributed by atoms with Crippen LogP contribution in [0.15, 0.2) is 47.8 Å². The standard InChI is InChI=1S/C21H23N3O4S2/c1-28-19-6-3-2-5-15(19)8-10-22-21(25)17-13-18(20-7-4-11-29-20)24(23-17)16-9-12-30(26,27)14-16/h2-7,11,13,16H,8-10,12,14H2,1H3,(H,22,25)/t16-/m0/s1. The van der Waals surface area contributed by atoms with Crippen LogP contribution in [-0.4, -0.2) is 49.3 Å². The van der Waals surface area contributed by atoms with Crippen molar-refractivity contribution in [1.82, 2.24) is 15.1 Å². The molecule has 1 saturated heterocycles. The van der Waals surface area contributed by atoms with Gasteiger partial charge in [0.2, 0.25) is 0 Å². The molecule has 3 aromatic rings. The van der Waals surface area contributed by atoms with Gasteiger partial charge in [-0.1, -0.05) is 24.3 Å². The molecule has 158 valence electrons. The van der Waals surface area contributed by atoms with Crippen molar-refractivity contribution in [3.63, 3.8) is 0 Å². The average Bonchev–Trinajstić information content (AvgIpc) is 3.47. The molecule has 2 aromatic heterocycles. The summed E-state index contributed by atoms with van der Waals surface area (Å²) < 4.78 is 31.0. The molecule has 1 aromatic carbocycles. The molecule has 1 aliphatic heterocycles. The van der Waals surface area contributed by atoms with E-state index in [-0.39, 0.29) is 23.5 Å². The quantitative estimate of drug-likeness (QED) is 0.604. The number of nitrogens with one attached hydrogen (secondary N) is 1. The van der Waals surface area contributed by atoms with E-state index in [0.717, 1.165) is 21.9 Å². The summed E-state index contributed by atoms with van der Waals surface area (Å²) in [6.07, 6.45) is 1.15. The molecule has 1 aliphatic rings. The van der Waals surface area contributed by atoms with E-state index in [9.17, 15) is 13.2 Å². The highest BCUT2D eigenvalue weighted by Crippen LogP contribution is 2.32. The predicted molar refractivity (Wildman–Crippen MR) is 117 cm³/mol. The maximum atomic E-state index is 12.7. The van der Waals surface area contributed by atoms with Crippen LogP contribution in [0.2, 0.25) is 0 Å². The molecule has 1 N–H and O–H groups in total. The van der Waals surface area contributed by atoms with Gasteiger partial charge in [0.25, 0.3) is 5.91 Å². The van der Waals surface area contributed by atoms with E-state index in [0.29, 0.717) is 25.1 Å². The van der Waals surface area contributed by atoms with E-state index in [1.807, 2.05) is 41.8 Å². The van der Waals surface area contributed by atoms with Gasteiger partial charge in [-0.3, -0.25) is 9.48 Å². The number of hydrogen-bond donors (Lipinski definition) is 1. The Kier molecular flexibility index (Phi) is 5.92. The molecule has 1 atom stereocenters. The summed E-state index contributed by atoms with van der Waals surface area (Å²) in [5.74, 6) is 0.727. The highest BCUT2D eigenvalue weighted by atomic mass is 32.2. The fourth-order valence-electron chi connectivity index (χ4n) is 3.67. The van der Waals surface area contributed by atoms with Gasteiger partial charge in [0.1, 0.15) is 5.75 Å². The van der Waals surface area contributed by atoms with Gasteiger partial charge in [0.15, 0.2) is 15.5 Å². The lowest BCUT2D eigenvalue weighted by Gasteiger charge is -2.12. The number of sulfone groups is 1. The van der Waals surface area contributed by atoms with Crippen molar-refractivity contribution in [2.45, 2.75) is 18.9 Å². The Morgan fingerprint density at radius 1 is 1.30 bits per heavy atom. The van der Waals surface area contributed by atoms with Gasteiger partial charge in [0, 0.05) is 6.54 Å². The SMILES string of the molecule is COc1ccccc1CCNC(=O)c1cc(-c2cccs2)n([C@H]2CCS(=O)(=O)C2)n1. The third kappa shape index (κ3) is 4.41. The smallest absolute Gasteiger partial charge is 0.271 e. The molecule has 0 saturated carbocycles. The van der Waals surface area contributed by atoms with Gasteiger partial charge in [-0.15, -0.1) is 11.3 Å². The Hall–Kier alpha value is -2.65. The average molecular weight is 446 g/mol. The van der Waals surface area contributed by atoms with Crippen LogP contribution in [-0.2, 0) is 16.3 Å². The molecule has 0 bridgehead atoms. The fourth-order valence-corrected chi connectivity index (χ4v) is 6.10. The molecule has 9 heteroatoms. The summed E-state index contributed by atoms with van der Waals surface area (Å²) in [7, 11) is -1.44. The number of ether oxygens (including phenoxy) is 1. The molecule has 0 spiro atoms. The van der Waals surface area contributed by atoms with Crippen molar-refractivity contribution in [2.75, 3.05) is 25.2 Å². The van der Waals surface area contributed by atoms with Crippen molar-refractivity contribution in [3.05, 3.63) is 59.1 Å². The summed E-state index contributed by atoms with van der Waals surface area (Å²) in [6, 6.07) is 13.1. The lowest BCUT2D eigenvalue weighted by molar-refractivity contribution is 0.0948. The van der Waals surface area contributed by atoms with Crippen LogP contribution >= 0.6 is 11.3 Å². The second kappa shape index (κ2) is 8.61. The first kappa shape index (κ1) is 20.6. The van der Waals surface area contributed by atoms with Crippen LogP contribution < -0.4 is 10.1 Å². The maximum absolute atomic E-state index is 12.7. The van der Waals surface area contributed by atoms with Gasteiger partial charge >= 0.3 is 0 Å². The largest absolute Gasteiger partial charge is 0.496 e. The third-order valence-corrected chi connectivity index (χ3v) is 7.81. The second-order valence-electron chi connectivity index (χ2n) is 7.21. The van der Waals surface area contributed by atoms with Crippen LogP contribution in [0.4, 0.5) is 0 Å². The maximum Gasteiger partial charge on any atom is 0.271 e. The molecule has 0 aliphatic carbocycles. The molecular formula is C21H23N3O4S2. The molecule has 30 heavy (non-hydrogen) atoms. The summed E-state index contributed by atoms with van der Waals surface area (Å²) in [6.45, 7) is 0.443. The Labute approximate surface area is 179 Å². The van der Waals surface area contributed by atoms with Crippen LogP contribution in [0.5, 0.6) is 5.75 Å². The van der Waals surface area contributed by atoms with Gasteiger partial charge in [-0.05, 0) is 42.0 Å². The minimum atomic E-state index is -3.06. The summed E-state index contributed by atoms with van der Waals surface area (Å²) in [5.41, 5.74) is 2.09. The molecule has 7 nitrogen and oxygen atoms in total. The minimum Gasteiger partial charge on any atom is -0.496 e. The molecule has 4 rings (SSSR count). The molecule has 1 amide bonds. The van der Waals surface area contributed by atoms with Gasteiger partial charge in [-0.2, -0.15) is 5.10 Å². The molecule has 0 unspecified atom stereocenters. The van der Waals surface area contributed by atoms with E-state index in [1.165, 1.54) is 11.3 Å². The zero-order valence-corrected chi connectivity index (χ0v) is 18.2. The Balaban J connectivity index is 1.51. The number of amides is 1. The lowest BCUT2D eigenvalue weighted by Crippen LogP contribution is -2.26. The third-order valence-electron chi connectivity index (χ3n) is 5.17. The summed E-state index contributed by atoms with van der Waals surface area (Å²) in [5, 5.41) is 9.35. The van der Waals surface area contributed by atoms with Crippen molar-refractivity contribution in [2.24, 2.45) is 0 Å². The number of aromatic nitrogens is 2. The number of thiophene rings is 1. The fraction of sp³-hybridized carbons (Fsp3) is 0.333. The van der Waals surface area contributed by atoms with E-state index in [2.05, 4.69) is 10.4 Å². The normalized spacial score (nSPS) is 17.7. The highest BCUT2D eigenvalue weighted by molar-refractivity contribution is 7.91. The zero-order valence-electron chi connectivity index (χ0n) is 16.6. The van der Waals surface area contributed by atoms with Crippen LogP contribution in [0, 0.1) is 0 Å². The number of carbonyl (C=O) groups excluding carboxylic acids is 1. The predicted octanol–water partition coefficient (Wildman–Crippen LogP) is 2.95. The number of benzene rings is 1. The van der Waals surface area contributed by atoms with E-state index in [4.69, 9.17) is 4.74 Å². The summed E-state index contributed by atoms with van der Waals surface area (Å²) >= 11 is 1.54. The number of hydrogen-bond acceptors (Lipinski definition) is 6. The Morgan fingerprint density at radius 3 is 2.83 bits per heavy atom. The number of nitrogens with zero attached hydrogens (tertiary/aromatic N) is 2. The van der Waals surface area contributed by atoms with Crippen molar-refractivity contribution < 1.29 is 17.9 Å². The number of methoxy groups -OCH3 is 1. The van der Waals surface area contributed by atoms with Gasteiger partial charge in [0.05, 0.1) is 35.2 Å². The van der Waals surface area contributed by atoms with Gasteiger partial charge in [-0.25, -0.2) is 8.42 Å². The summed E-state index contributed by atoms with van der Waals surface area (Å²) in [4.78, 5) is 13.7. The number of para-hydroxylation sites is 1. The topological polar surface area (TPSA) is 90.3 Å². The Morgan fingerprint density at radius 2 is 2.13 bits per heavy atom. The monoisotopic (exact) mass is 445 g/mol. The minimum absolute atomic E-state index is 0.0575. The molecular weight excluding hydrogens is 422 g/mol. The van der Waals surface area contributed by atoms with Crippen molar-refractivity contribution >= 4 is 27.1 Å². The van der Waals surface area contributed by atoms with E-state index in [1.54, 1.807) is 17.9 Å². The molecule has 3 heterocycles. The lowest BCUT2D eigenvalue weighted by atomic mass is 10.1. The van der Waals surface area contributed by atoms with Crippen LogP contribution in [0.3, 0.4) is 0 Å². The second-order valence-corrected chi connectivity index (χ2v) is 10.4. The molecule has 1 fully saturated rings. The first-order chi connectivity index (χ1) is 14.5. The number of carbonyl (C=O) groups is 1. The zero-order chi connectivity index (χ0) is 21.1. The van der Waals surface area contributed by atoms with E-state index < -0.39 is 9.84 Å². The highest BCUT2D eigenvalue weighted by Gasteiger charge is 2.32. The molecule has 0 radical (unpaired) electrons. The van der Waals surface area contributed by atoms with Gasteiger partial charge < -0.3 is 10.1 Å².